The molecule has 0 amide bonds. The van der Waals surface area contributed by atoms with Crippen molar-refractivity contribution in [2.45, 2.75) is 27.1 Å². The summed E-state index contributed by atoms with van der Waals surface area (Å²) in [6.07, 6.45) is 0. The first-order valence-corrected chi connectivity index (χ1v) is 6.30. The Kier molecular flexibility index (Phi) is 7.54. The van der Waals surface area contributed by atoms with Crippen LogP contribution in [0, 0.1) is 13.8 Å². The van der Waals surface area contributed by atoms with Crippen molar-refractivity contribution in [1.29, 1.82) is 0 Å². The summed E-state index contributed by atoms with van der Waals surface area (Å²) >= 11 is 0. The van der Waals surface area contributed by atoms with Crippen molar-refractivity contribution in [2.75, 3.05) is 0 Å². The summed E-state index contributed by atoms with van der Waals surface area (Å²) in [6, 6.07) is 15.6. The largest absolute Gasteiger partial charge is 0.251 e. The van der Waals surface area contributed by atoms with E-state index in [1.54, 1.807) is 0 Å². The summed E-state index contributed by atoms with van der Waals surface area (Å²) in [5, 5.41) is 16.3. The molecule has 2 N–H and O–H groups in total. The monoisotopic (exact) mass is 276 g/mol. The zero-order valence-electron chi connectivity index (χ0n) is 11.7. The molecular weight excluding hydrogens is 256 g/mol. The molecule has 2 aromatic rings. The standard InChI is InChI=1S/2C8H10O2/c2*1-7-4-2-3-5-8(7)6-10-9/h2*2-5,9H,6H2,1H3. The van der Waals surface area contributed by atoms with Gasteiger partial charge >= 0.3 is 0 Å². The minimum absolute atomic E-state index is 0.271. The van der Waals surface area contributed by atoms with E-state index < -0.39 is 0 Å². The summed E-state index contributed by atoms with van der Waals surface area (Å²) < 4.78 is 0. The van der Waals surface area contributed by atoms with Crippen LogP contribution in [0.25, 0.3) is 0 Å². The number of hydrogen-bond donors (Lipinski definition) is 2. The first-order valence-electron chi connectivity index (χ1n) is 6.30. The first kappa shape index (κ1) is 16.3. The minimum Gasteiger partial charge on any atom is -0.251 e. The Morgan fingerprint density at radius 3 is 1.35 bits per heavy atom. The highest BCUT2D eigenvalue weighted by Crippen LogP contribution is 2.07. The highest BCUT2D eigenvalue weighted by atomic mass is 17.1. The molecule has 4 nitrogen and oxygen atoms in total. The average Bonchev–Trinajstić information content (AvgIpc) is 2.45. The highest BCUT2D eigenvalue weighted by Gasteiger charge is 1.94. The molecule has 0 aromatic heterocycles. The predicted octanol–water partition coefficient (Wildman–Crippen LogP) is 3.97. The van der Waals surface area contributed by atoms with Gasteiger partial charge in [0.15, 0.2) is 0 Å². The van der Waals surface area contributed by atoms with Gasteiger partial charge in [-0.2, -0.15) is 0 Å². The van der Waals surface area contributed by atoms with Crippen LogP contribution in [0.15, 0.2) is 48.5 Å². The van der Waals surface area contributed by atoms with Crippen LogP contribution in [-0.2, 0) is 23.0 Å². The van der Waals surface area contributed by atoms with Gasteiger partial charge in [-0.3, -0.25) is 10.5 Å². The van der Waals surface area contributed by atoms with E-state index >= 15 is 0 Å². The third-order valence-corrected chi connectivity index (χ3v) is 2.96. The molecule has 0 bridgehead atoms. The Morgan fingerprint density at radius 2 is 1.05 bits per heavy atom. The van der Waals surface area contributed by atoms with Gasteiger partial charge in [-0.05, 0) is 36.1 Å². The molecule has 0 aliphatic heterocycles. The van der Waals surface area contributed by atoms with Crippen LogP contribution in [0.3, 0.4) is 0 Å². The van der Waals surface area contributed by atoms with Gasteiger partial charge in [-0.1, -0.05) is 48.5 Å². The minimum atomic E-state index is 0.271. The van der Waals surface area contributed by atoms with Crippen molar-refractivity contribution in [3.05, 3.63) is 70.8 Å². The fourth-order valence-electron chi connectivity index (χ4n) is 1.68. The van der Waals surface area contributed by atoms with Gasteiger partial charge in [-0.25, -0.2) is 9.78 Å². The molecule has 2 aromatic carbocycles. The average molecular weight is 276 g/mol. The zero-order chi connectivity index (χ0) is 14.8. The molecule has 2 rings (SSSR count). The second-order valence-electron chi connectivity index (χ2n) is 4.40. The molecule has 0 saturated heterocycles. The van der Waals surface area contributed by atoms with Gasteiger partial charge in [0, 0.05) is 0 Å². The lowest BCUT2D eigenvalue weighted by molar-refractivity contribution is -0.253. The van der Waals surface area contributed by atoms with Crippen molar-refractivity contribution < 1.29 is 20.3 Å². The van der Waals surface area contributed by atoms with Gasteiger partial charge < -0.3 is 0 Å². The van der Waals surface area contributed by atoms with E-state index in [4.69, 9.17) is 10.5 Å². The second-order valence-corrected chi connectivity index (χ2v) is 4.40. The van der Waals surface area contributed by atoms with E-state index in [-0.39, 0.29) is 13.2 Å². The van der Waals surface area contributed by atoms with Gasteiger partial charge in [0.1, 0.15) is 13.2 Å². The summed E-state index contributed by atoms with van der Waals surface area (Å²) in [6.45, 7) is 4.50. The van der Waals surface area contributed by atoms with Crippen molar-refractivity contribution in [1.82, 2.24) is 0 Å². The number of aryl methyl sites for hydroxylation is 2. The highest BCUT2D eigenvalue weighted by molar-refractivity contribution is 5.25. The van der Waals surface area contributed by atoms with E-state index in [0.29, 0.717) is 0 Å². The predicted molar refractivity (Wildman–Crippen MR) is 77.2 cm³/mol. The van der Waals surface area contributed by atoms with Crippen molar-refractivity contribution in [2.24, 2.45) is 0 Å². The Bertz CT molecular complexity index is 464. The second kappa shape index (κ2) is 9.23. The lowest BCUT2D eigenvalue weighted by Gasteiger charge is -2.00. The number of rotatable bonds is 4. The summed E-state index contributed by atoms with van der Waals surface area (Å²) in [5.74, 6) is 0. The Hall–Kier alpha value is -1.72. The van der Waals surface area contributed by atoms with Crippen LogP contribution in [-0.4, -0.2) is 10.5 Å². The summed E-state index contributed by atoms with van der Waals surface area (Å²) in [5.41, 5.74) is 4.31. The van der Waals surface area contributed by atoms with Crippen molar-refractivity contribution in [3.8, 4) is 0 Å². The lowest BCUT2D eigenvalue weighted by atomic mass is 10.1. The molecule has 0 spiro atoms. The van der Waals surface area contributed by atoms with Gasteiger partial charge in [0.05, 0.1) is 0 Å². The van der Waals surface area contributed by atoms with E-state index in [0.717, 1.165) is 22.3 Å². The summed E-state index contributed by atoms with van der Waals surface area (Å²) in [4.78, 5) is 8.02. The SMILES string of the molecule is Cc1ccccc1COO.Cc1ccccc1COO. The maximum atomic E-state index is 8.14. The molecule has 0 unspecified atom stereocenters. The third kappa shape index (κ3) is 5.50. The van der Waals surface area contributed by atoms with Gasteiger partial charge in [0.2, 0.25) is 0 Å². The molecule has 20 heavy (non-hydrogen) atoms. The molecule has 0 aliphatic rings. The first-order chi connectivity index (χ1) is 9.69. The van der Waals surface area contributed by atoms with Crippen LogP contribution in [0.4, 0.5) is 0 Å². The van der Waals surface area contributed by atoms with Crippen LogP contribution >= 0.6 is 0 Å². The van der Waals surface area contributed by atoms with Crippen molar-refractivity contribution >= 4 is 0 Å². The Morgan fingerprint density at radius 1 is 0.700 bits per heavy atom. The van der Waals surface area contributed by atoms with E-state index in [1.807, 2.05) is 62.4 Å². The molecule has 0 saturated carbocycles. The fourth-order valence-corrected chi connectivity index (χ4v) is 1.68. The smallest absolute Gasteiger partial charge is 0.107 e. The van der Waals surface area contributed by atoms with Crippen LogP contribution in [0.1, 0.15) is 22.3 Å². The van der Waals surface area contributed by atoms with Crippen LogP contribution < -0.4 is 0 Å². The maximum Gasteiger partial charge on any atom is 0.107 e. The molecule has 0 fully saturated rings. The molecule has 0 aliphatic carbocycles. The van der Waals surface area contributed by atoms with Crippen molar-refractivity contribution in [3.63, 3.8) is 0 Å². The Balaban J connectivity index is 0.000000200. The molecule has 4 heteroatoms. The molecule has 108 valence electrons. The van der Waals surface area contributed by atoms with Gasteiger partial charge in [0.25, 0.3) is 0 Å². The summed E-state index contributed by atoms with van der Waals surface area (Å²) in [7, 11) is 0. The van der Waals surface area contributed by atoms with E-state index in [9.17, 15) is 0 Å². The molecule has 0 heterocycles. The number of benzene rings is 2. The third-order valence-electron chi connectivity index (χ3n) is 2.96. The molecule has 0 radical (unpaired) electrons. The van der Waals surface area contributed by atoms with Crippen LogP contribution in [0.5, 0.6) is 0 Å². The van der Waals surface area contributed by atoms with E-state index in [2.05, 4.69) is 9.78 Å². The zero-order valence-corrected chi connectivity index (χ0v) is 11.7. The normalized spacial score (nSPS) is 9.80. The van der Waals surface area contributed by atoms with E-state index in [1.165, 1.54) is 0 Å². The molecular formula is C16H20O4. The lowest BCUT2D eigenvalue weighted by Crippen LogP contribution is -1.90. The topological polar surface area (TPSA) is 58.9 Å². The Labute approximate surface area is 119 Å². The quantitative estimate of drug-likeness (QED) is 0.655. The fraction of sp³-hybridized carbons (Fsp3) is 0.250. The molecule has 0 atom stereocenters. The number of hydrogen-bond acceptors (Lipinski definition) is 4. The van der Waals surface area contributed by atoms with Gasteiger partial charge in [-0.15, -0.1) is 0 Å². The maximum absolute atomic E-state index is 8.14. The van der Waals surface area contributed by atoms with Crippen LogP contribution in [0.2, 0.25) is 0 Å².